The van der Waals surface area contributed by atoms with E-state index in [-0.39, 0.29) is 6.04 Å². The molecule has 0 bridgehead atoms. The van der Waals surface area contributed by atoms with E-state index in [1.807, 2.05) is 31.2 Å². The first-order chi connectivity index (χ1) is 6.66. The first-order valence-corrected chi connectivity index (χ1v) is 4.82. The number of hydrogen-bond donors (Lipinski definition) is 2. The second kappa shape index (κ2) is 4.98. The zero-order valence-corrected chi connectivity index (χ0v) is 8.60. The number of nitrogens with two attached hydrogens (primary N) is 1. The van der Waals surface area contributed by atoms with Crippen molar-refractivity contribution in [3.63, 3.8) is 0 Å². The summed E-state index contributed by atoms with van der Waals surface area (Å²) < 4.78 is 5.39. The lowest BCUT2D eigenvalue weighted by atomic mass is 10.0. The maximum absolute atomic E-state index is 9.80. The van der Waals surface area contributed by atoms with Gasteiger partial charge in [-0.25, -0.2) is 0 Å². The zero-order valence-electron chi connectivity index (χ0n) is 8.60. The minimum Gasteiger partial charge on any atom is -0.493 e. The molecule has 0 aliphatic rings. The largest absolute Gasteiger partial charge is 0.493 e. The third kappa shape index (κ3) is 2.47. The van der Waals surface area contributed by atoms with Crippen LogP contribution in [0.3, 0.4) is 0 Å². The van der Waals surface area contributed by atoms with Crippen molar-refractivity contribution in [2.75, 3.05) is 6.61 Å². The summed E-state index contributed by atoms with van der Waals surface area (Å²) in [4.78, 5) is 0. The predicted octanol–water partition coefficient (Wildman–Crippen LogP) is 1.47. The number of benzene rings is 1. The zero-order chi connectivity index (χ0) is 10.6. The summed E-state index contributed by atoms with van der Waals surface area (Å²) in [5, 5.41) is 9.80. The van der Waals surface area contributed by atoms with Crippen LogP contribution in [-0.2, 0) is 0 Å². The standard InChI is InChI=1S/C11H17NO2/c1-3-14-10-7-5-4-6-9(10)11(13)8(2)12/h4-8,11,13H,3,12H2,1-2H3. The lowest BCUT2D eigenvalue weighted by Gasteiger charge is -2.18. The maximum atomic E-state index is 9.80. The van der Waals surface area contributed by atoms with Crippen LogP contribution >= 0.6 is 0 Å². The Balaban J connectivity index is 2.94. The van der Waals surface area contributed by atoms with Crippen molar-refractivity contribution in [2.45, 2.75) is 26.0 Å². The molecule has 3 heteroatoms. The first kappa shape index (κ1) is 11.0. The molecule has 1 aromatic carbocycles. The molecule has 0 saturated heterocycles. The molecular formula is C11H17NO2. The second-order valence-electron chi connectivity index (χ2n) is 3.27. The number of aliphatic hydroxyl groups is 1. The van der Waals surface area contributed by atoms with Crippen molar-refractivity contribution in [1.29, 1.82) is 0 Å². The minimum atomic E-state index is -0.669. The highest BCUT2D eigenvalue weighted by atomic mass is 16.5. The molecule has 0 radical (unpaired) electrons. The highest BCUT2D eigenvalue weighted by Crippen LogP contribution is 2.26. The van der Waals surface area contributed by atoms with E-state index in [2.05, 4.69) is 0 Å². The molecule has 0 fully saturated rings. The van der Waals surface area contributed by atoms with Crippen LogP contribution in [0.25, 0.3) is 0 Å². The molecule has 0 aromatic heterocycles. The molecule has 78 valence electrons. The molecular weight excluding hydrogens is 178 g/mol. The van der Waals surface area contributed by atoms with Gasteiger partial charge in [-0.1, -0.05) is 18.2 Å². The first-order valence-electron chi connectivity index (χ1n) is 4.82. The van der Waals surface area contributed by atoms with Crippen molar-refractivity contribution < 1.29 is 9.84 Å². The average molecular weight is 195 g/mol. The summed E-state index contributed by atoms with van der Waals surface area (Å²) in [6.45, 7) is 4.27. The topological polar surface area (TPSA) is 55.5 Å². The molecule has 1 aromatic rings. The SMILES string of the molecule is CCOc1ccccc1C(O)C(C)N. The molecule has 0 spiro atoms. The summed E-state index contributed by atoms with van der Waals surface area (Å²) in [6.07, 6.45) is -0.669. The number of hydrogen-bond acceptors (Lipinski definition) is 3. The quantitative estimate of drug-likeness (QED) is 0.764. The fourth-order valence-corrected chi connectivity index (χ4v) is 1.30. The average Bonchev–Trinajstić information content (AvgIpc) is 2.18. The highest BCUT2D eigenvalue weighted by Gasteiger charge is 2.16. The van der Waals surface area contributed by atoms with Gasteiger partial charge >= 0.3 is 0 Å². The highest BCUT2D eigenvalue weighted by molar-refractivity contribution is 5.35. The van der Waals surface area contributed by atoms with Crippen LogP contribution in [-0.4, -0.2) is 17.8 Å². The van der Waals surface area contributed by atoms with E-state index in [0.717, 1.165) is 5.56 Å². The van der Waals surface area contributed by atoms with Gasteiger partial charge in [-0.3, -0.25) is 0 Å². The van der Waals surface area contributed by atoms with E-state index < -0.39 is 6.10 Å². The van der Waals surface area contributed by atoms with Gasteiger partial charge in [0.25, 0.3) is 0 Å². The molecule has 3 N–H and O–H groups in total. The van der Waals surface area contributed by atoms with Gasteiger partial charge in [-0.15, -0.1) is 0 Å². The summed E-state index contributed by atoms with van der Waals surface area (Å²) in [6, 6.07) is 7.12. The third-order valence-electron chi connectivity index (χ3n) is 2.04. The lowest BCUT2D eigenvalue weighted by molar-refractivity contribution is 0.148. The summed E-state index contributed by atoms with van der Waals surface area (Å²) in [7, 11) is 0. The van der Waals surface area contributed by atoms with Gasteiger partial charge in [0.15, 0.2) is 0 Å². The van der Waals surface area contributed by atoms with Gasteiger partial charge in [0.05, 0.1) is 12.7 Å². The Labute approximate surface area is 84.5 Å². The van der Waals surface area contributed by atoms with Crippen LogP contribution in [0.2, 0.25) is 0 Å². The summed E-state index contributed by atoms with van der Waals surface area (Å²) in [5.41, 5.74) is 6.38. The summed E-state index contributed by atoms with van der Waals surface area (Å²) in [5.74, 6) is 0.708. The number of rotatable bonds is 4. The van der Waals surface area contributed by atoms with Gasteiger partial charge < -0.3 is 15.6 Å². The van der Waals surface area contributed by atoms with Crippen LogP contribution in [0.4, 0.5) is 0 Å². The van der Waals surface area contributed by atoms with E-state index in [9.17, 15) is 5.11 Å². The van der Waals surface area contributed by atoms with E-state index in [1.54, 1.807) is 6.92 Å². The third-order valence-corrected chi connectivity index (χ3v) is 2.04. The smallest absolute Gasteiger partial charge is 0.125 e. The molecule has 0 heterocycles. The molecule has 0 aliphatic heterocycles. The van der Waals surface area contributed by atoms with E-state index in [4.69, 9.17) is 10.5 Å². The Morgan fingerprint density at radius 2 is 2.07 bits per heavy atom. The Morgan fingerprint density at radius 3 is 2.64 bits per heavy atom. The minimum absolute atomic E-state index is 0.295. The molecule has 1 rings (SSSR count). The molecule has 3 nitrogen and oxygen atoms in total. The number of ether oxygens (including phenoxy) is 1. The number of para-hydroxylation sites is 1. The van der Waals surface area contributed by atoms with Crippen molar-refractivity contribution in [1.82, 2.24) is 0 Å². The molecule has 0 saturated carbocycles. The summed E-state index contributed by atoms with van der Waals surface area (Å²) >= 11 is 0. The molecule has 0 amide bonds. The van der Waals surface area contributed by atoms with Crippen LogP contribution < -0.4 is 10.5 Å². The molecule has 0 aliphatic carbocycles. The van der Waals surface area contributed by atoms with Crippen LogP contribution in [0.1, 0.15) is 25.5 Å². The van der Waals surface area contributed by atoms with Crippen LogP contribution in [0.15, 0.2) is 24.3 Å². The molecule has 14 heavy (non-hydrogen) atoms. The Kier molecular flexibility index (Phi) is 3.92. The van der Waals surface area contributed by atoms with Gasteiger partial charge in [-0.05, 0) is 19.9 Å². The predicted molar refractivity (Wildman–Crippen MR) is 56.2 cm³/mol. The Morgan fingerprint density at radius 1 is 1.43 bits per heavy atom. The van der Waals surface area contributed by atoms with E-state index >= 15 is 0 Å². The van der Waals surface area contributed by atoms with Gasteiger partial charge in [0, 0.05) is 11.6 Å². The number of aliphatic hydroxyl groups excluding tert-OH is 1. The molecule has 2 unspecified atom stereocenters. The van der Waals surface area contributed by atoms with E-state index in [1.165, 1.54) is 0 Å². The van der Waals surface area contributed by atoms with Gasteiger partial charge in [0.1, 0.15) is 5.75 Å². The fourth-order valence-electron chi connectivity index (χ4n) is 1.30. The second-order valence-corrected chi connectivity index (χ2v) is 3.27. The normalized spacial score (nSPS) is 14.9. The van der Waals surface area contributed by atoms with Crippen molar-refractivity contribution in [2.24, 2.45) is 5.73 Å². The van der Waals surface area contributed by atoms with Gasteiger partial charge in [0.2, 0.25) is 0 Å². The van der Waals surface area contributed by atoms with Crippen LogP contribution in [0, 0.1) is 0 Å². The van der Waals surface area contributed by atoms with Crippen molar-refractivity contribution in [3.05, 3.63) is 29.8 Å². The Bertz CT molecular complexity index is 286. The van der Waals surface area contributed by atoms with Crippen molar-refractivity contribution >= 4 is 0 Å². The van der Waals surface area contributed by atoms with E-state index in [0.29, 0.717) is 12.4 Å². The Hall–Kier alpha value is -1.06. The van der Waals surface area contributed by atoms with Crippen LogP contribution in [0.5, 0.6) is 5.75 Å². The fraction of sp³-hybridized carbons (Fsp3) is 0.455. The maximum Gasteiger partial charge on any atom is 0.125 e. The van der Waals surface area contributed by atoms with Gasteiger partial charge in [-0.2, -0.15) is 0 Å². The lowest BCUT2D eigenvalue weighted by Crippen LogP contribution is -2.24. The molecule has 2 atom stereocenters. The van der Waals surface area contributed by atoms with Crippen molar-refractivity contribution in [3.8, 4) is 5.75 Å². The monoisotopic (exact) mass is 195 g/mol.